The third-order valence-corrected chi connectivity index (χ3v) is 5.26. The van der Waals surface area contributed by atoms with Gasteiger partial charge in [-0.3, -0.25) is 9.69 Å². The van der Waals surface area contributed by atoms with E-state index in [0.29, 0.717) is 19.0 Å². The van der Waals surface area contributed by atoms with Gasteiger partial charge in [0.1, 0.15) is 0 Å². The fourth-order valence-corrected chi connectivity index (χ4v) is 3.98. The second-order valence-corrected chi connectivity index (χ2v) is 6.73. The summed E-state index contributed by atoms with van der Waals surface area (Å²) in [6, 6.07) is 8.31. The number of carbonyl (C=O) groups excluding carboxylic acids is 1. The second-order valence-electron chi connectivity index (χ2n) is 5.66. The first-order chi connectivity index (χ1) is 10.8. The highest BCUT2D eigenvalue weighted by molar-refractivity contribution is 7.18. The lowest BCUT2D eigenvalue weighted by atomic mass is 9.97. The van der Waals surface area contributed by atoms with Crippen molar-refractivity contribution in [3.63, 3.8) is 0 Å². The van der Waals surface area contributed by atoms with Gasteiger partial charge in [0, 0.05) is 12.5 Å². The van der Waals surface area contributed by atoms with Crippen LogP contribution >= 0.6 is 11.3 Å². The number of hydrogen-bond donors (Lipinski definition) is 1. The van der Waals surface area contributed by atoms with E-state index in [1.54, 1.807) is 6.08 Å². The number of nitrogens with zero attached hydrogens (tertiary/aromatic N) is 2. The van der Waals surface area contributed by atoms with E-state index in [0.717, 1.165) is 31.4 Å². The van der Waals surface area contributed by atoms with Crippen LogP contribution in [-0.2, 0) is 4.79 Å². The van der Waals surface area contributed by atoms with Gasteiger partial charge >= 0.3 is 0 Å². The number of carbonyl (C=O) groups is 1. The van der Waals surface area contributed by atoms with Crippen molar-refractivity contribution in [1.29, 1.82) is 0 Å². The van der Waals surface area contributed by atoms with Gasteiger partial charge in [-0.1, -0.05) is 18.2 Å². The molecule has 0 radical (unpaired) electrons. The summed E-state index contributed by atoms with van der Waals surface area (Å²) >= 11 is 1.81. The van der Waals surface area contributed by atoms with Crippen molar-refractivity contribution in [3.05, 3.63) is 41.9 Å². The van der Waals surface area contributed by atoms with Crippen molar-refractivity contribution in [2.45, 2.75) is 18.8 Å². The number of rotatable bonds is 5. The van der Waals surface area contributed by atoms with E-state index in [1.165, 1.54) is 9.71 Å². The minimum Gasteiger partial charge on any atom is -0.352 e. The number of aromatic nitrogens is 1. The highest BCUT2D eigenvalue weighted by Crippen LogP contribution is 2.33. The summed E-state index contributed by atoms with van der Waals surface area (Å²) < 4.78 is 1.27. The first-order valence-electron chi connectivity index (χ1n) is 7.71. The molecule has 0 spiro atoms. The Balaban J connectivity index is 1.55. The van der Waals surface area contributed by atoms with Crippen molar-refractivity contribution in [2.24, 2.45) is 0 Å². The number of likely N-dealkylation sites (tertiary alicyclic amines) is 1. The molecule has 0 bridgehead atoms. The molecule has 3 rings (SSSR count). The molecule has 1 saturated heterocycles. The molecule has 2 heterocycles. The summed E-state index contributed by atoms with van der Waals surface area (Å²) in [5, 5.41) is 4.08. The standard InChI is InChI=1S/C17H21N3OS/c1-2-9-18-16(21)12-20-10-7-13(8-11-20)17-19-14-5-3-4-6-15(14)22-17/h2-6,13H,1,7-12H2,(H,18,21). The maximum atomic E-state index is 11.7. The first kappa shape index (κ1) is 15.2. The normalized spacial score (nSPS) is 16.7. The molecular formula is C17H21N3OS. The van der Waals surface area contributed by atoms with Crippen molar-refractivity contribution < 1.29 is 4.79 Å². The average molecular weight is 315 g/mol. The van der Waals surface area contributed by atoms with E-state index >= 15 is 0 Å². The zero-order chi connectivity index (χ0) is 15.4. The van der Waals surface area contributed by atoms with Gasteiger partial charge in [0.25, 0.3) is 0 Å². The Morgan fingerprint density at radius 2 is 2.18 bits per heavy atom. The Kier molecular flexibility index (Phi) is 4.85. The molecule has 1 aliphatic heterocycles. The van der Waals surface area contributed by atoms with Crippen molar-refractivity contribution in [3.8, 4) is 0 Å². The number of para-hydroxylation sites is 1. The first-order valence-corrected chi connectivity index (χ1v) is 8.53. The van der Waals surface area contributed by atoms with Crippen LogP contribution < -0.4 is 5.32 Å². The average Bonchev–Trinajstić information content (AvgIpc) is 2.97. The van der Waals surface area contributed by atoms with E-state index in [1.807, 2.05) is 17.4 Å². The topological polar surface area (TPSA) is 45.2 Å². The van der Waals surface area contributed by atoms with E-state index in [4.69, 9.17) is 4.98 Å². The largest absolute Gasteiger partial charge is 0.352 e. The van der Waals surface area contributed by atoms with Gasteiger partial charge in [0.05, 0.1) is 21.8 Å². The quantitative estimate of drug-likeness (QED) is 0.863. The lowest BCUT2D eigenvalue weighted by molar-refractivity contribution is -0.122. The van der Waals surface area contributed by atoms with Crippen molar-refractivity contribution >= 4 is 27.5 Å². The molecule has 4 nitrogen and oxygen atoms in total. The third kappa shape index (κ3) is 3.54. The molecule has 116 valence electrons. The molecule has 1 aromatic carbocycles. The molecule has 0 unspecified atom stereocenters. The zero-order valence-corrected chi connectivity index (χ0v) is 13.4. The van der Waals surface area contributed by atoms with Crippen LogP contribution in [0.25, 0.3) is 10.2 Å². The van der Waals surface area contributed by atoms with Crippen molar-refractivity contribution in [2.75, 3.05) is 26.2 Å². The Morgan fingerprint density at radius 1 is 1.41 bits per heavy atom. The Bertz CT molecular complexity index is 626. The van der Waals surface area contributed by atoms with Crippen LogP contribution in [0.1, 0.15) is 23.8 Å². The molecule has 0 aliphatic carbocycles. The smallest absolute Gasteiger partial charge is 0.234 e. The summed E-state index contributed by atoms with van der Waals surface area (Å²) in [4.78, 5) is 18.7. The molecule has 0 atom stereocenters. The number of nitrogens with one attached hydrogen (secondary N) is 1. The molecule has 1 amide bonds. The third-order valence-electron chi connectivity index (χ3n) is 4.06. The summed E-state index contributed by atoms with van der Waals surface area (Å²) in [7, 11) is 0. The van der Waals surface area contributed by atoms with E-state index in [9.17, 15) is 4.79 Å². The molecule has 0 saturated carbocycles. The SMILES string of the molecule is C=CCNC(=O)CN1CCC(c2nc3ccccc3s2)CC1. The number of hydrogen-bond acceptors (Lipinski definition) is 4. The fraction of sp³-hybridized carbons (Fsp3) is 0.412. The van der Waals surface area contributed by atoms with Crippen LogP contribution in [0.2, 0.25) is 0 Å². The zero-order valence-electron chi connectivity index (χ0n) is 12.6. The van der Waals surface area contributed by atoms with Crippen LogP contribution in [0.4, 0.5) is 0 Å². The monoisotopic (exact) mass is 315 g/mol. The van der Waals surface area contributed by atoms with Crippen LogP contribution in [0.3, 0.4) is 0 Å². The van der Waals surface area contributed by atoms with Gasteiger partial charge in [-0.15, -0.1) is 17.9 Å². The number of fused-ring (bicyclic) bond motifs is 1. The Morgan fingerprint density at radius 3 is 2.91 bits per heavy atom. The predicted octanol–water partition coefficient (Wildman–Crippen LogP) is 2.78. The minimum atomic E-state index is 0.0818. The van der Waals surface area contributed by atoms with Gasteiger partial charge in [-0.2, -0.15) is 0 Å². The predicted molar refractivity (Wildman–Crippen MR) is 91.2 cm³/mol. The number of thiazole rings is 1. The highest BCUT2D eigenvalue weighted by Gasteiger charge is 2.24. The van der Waals surface area contributed by atoms with E-state index < -0.39 is 0 Å². The lowest BCUT2D eigenvalue weighted by Crippen LogP contribution is -2.41. The van der Waals surface area contributed by atoms with Crippen LogP contribution in [0, 0.1) is 0 Å². The van der Waals surface area contributed by atoms with Gasteiger partial charge in [0.2, 0.25) is 5.91 Å². The van der Waals surface area contributed by atoms with Crippen LogP contribution in [-0.4, -0.2) is 42.0 Å². The molecular weight excluding hydrogens is 294 g/mol. The van der Waals surface area contributed by atoms with Crippen LogP contribution in [0.15, 0.2) is 36.9 Å². The molecule has 1 aromatic heterocycles. The van der Waals surface area contributed by atoms with Gasteiger partial charge in [-0.25, -0.2) is 4.98 Å². The van der Waals surface area contributed by atoms with Crippen LogP contribution in [0.5, 0.6) is 0 Å². The van der Waals surface area contributed by atoms with E-state index in [-0.39, 0.29) is 5.91 Å². The van der Waals surface area contributed by atoms with Gasteiger partial charge in [0.15, 0.2) is 0 Å². The Labute approximate surface area is 134 Å². The fourth-order valence-electron chi connectivity index (χ4n) is 2.85. The van der Waals surface area contributed by atoms with Gasteiger partial charge in [-0.05, 0) is 38.1 Å². The van der Waals surface area contributed by atoms with Crippen molar-refractivity contribution in [1.82, 2.24) is 15.2 Å². The molecule has 1 fully saturated rings. The molecule has 1 aliphatic rings. The van der Waals surface area contributed by atoms with Gasteiger partial charge < -0.3 is 5.32 Å². The highest BCUT2D eigenvalue weighted by atomic mass is 32.1. The number of amides is 1. The molecule has 5 heteroatoms. The second kappa shape index (κ2) is 7.03. The Hall–Kier alpha value is -1.72. The summed E-state index contributed by atoms with van der Waals surface area (Å²) in [5.41, 5.74) is 1.11. The summed E-state index contributed by atoms with van der Waals surface area (Å²) in [6.45, 7) is 6.56. The summed E-state index contributed by atoms with van der Waals surface area (Å²) in [6.07, 6.45) is 3.86. The minimum absolute atomic E-state index is 0.0818. The summed E-state index contributed by atoms with van der Waals surface area (Å²) in [5.74, 6) is 0.614. The maximum Gasteiger partial charge on any atom is 0.234 e. The number of benzene rings is 1. The van der Waals surface area contributed by atoms with E-state index in [2.05, 4.69) is 35.0 Å². The number of piperidine rings is 1. The molecule has 22 heavy (non-hydrogen) atoms. The molecule has 2 aromatic rings. The lowest BCUT2D eigenvalue weighted by Gasteiger charge is -2.30. The maximum absolute atomic E-state index is 11.7. The molecule has 1 N–H and O–H groups in total.